The highest BCUT2D eigenvalue weighted by Gasteiger charge is 2.14. The maximum absolute atomic E-state index is 10.0. The zero-order valence-electron chi connectivity index (χ0n) is 12.1. The van der Waals surface area contributed by atoms with E-state index < -0.39 is 0 Å². The number of carbonyl (C=O) groups excluding carboxylic acids is 1. The van der Waals surface area contributed by atoms with Gasteiger partial charge in [0, 0.05) is 11.5 Å². The molecule has 0 N–H and O–H groups in total. The van der Waals surface area contributed by atoms with Crippen LogP contribution in [0.4, 0.5) is 0 Å². The van der Waals surface area contributed by atoms with E-state index in [9.17, 15) is 4.79 Å². The van der Waals surface area contributed by atoms with Crippen LogP contribution in [0.2, 0.25) is 0 Å². The molecule has 0 unspecified atom stereocenters. The monoisotopic (exact) mass is 278 g/mol. The standard InChI is InChI=1S/C17H14N2O2/c1-17(2,3)14-10-8-13(9-11-14)16-19-18-15(21-16)7-5-4-6-12-20/h8-12H,1-3H3. The summed E-state index contributed by atoms with van der Waals surface area (Å²) in [7, 11) is 0. The minimum atomic E-state index is 0.0985. The number of aromatic nitrogens is 2. The van der Waals surface area contributed by atoms with E-state index in [0.29, 0.717) is 12.2 Å². The Morgan fingerprint density at radius 1 is 1.10 bits per heavy atom. The topological polar surface area (TPSA) is 56.0 Å². The maximum atomic E-state index is 10.0. The lowest BCUT2D eigenvalue weighted by Crippen LogP contribution is -2.10. The van der Waals surface area contributed by atoms with E-state index in [1.807, 2.05) is 24.3 Å². The zero-order chi connectivity index (χ0) is 15.3. The minimum Gasteiger partial charge on any atom is -0.410 e. The lowest BCUT2D eigenvalue weighted by molar-refractivity contribution is -0.103. The van der Waals surface area contributed by atoms with E-state index >= 15 is 0 Å². The molecule has 104 valence electrons. The van der Waals surface area contributed by atoms with Crippen molar-refractivity contribution in [3.05, 3.63) is 35.7 Å². The van der Waals surface area contributed by atoms with Gasteiger partial charge in [0.05, 0.1) is 0 Å². The molecule has 0 aliphatic carbocycles. The van der Waals surface area contributed by atoms with E-state index in [0.717, 1.165) is 5.56 Å². The van der Waals surface area contributed by atoms with Crippen LogP contribution >= 0.6 is 0 Å². The molecule has 2 aromatic rings. The van der Waals surface area contributed by atoms with Gasteiger partial charge in [0.1, 0.15) is 0 Å². The Kier molecular flexibility index (Phi) is 4.21. The molecule has 0 saturated carbocycles. The lowest BCUT2D eigenvalue weighted by atomic mass is 9.87. The average molecular weight is 278 g/mol. The summed E-state index contributed by atoms with van der Waals surface area (Å²) in [4.78, 5) is 10.0. The summed E-state index contributed by atoms with van der Waals surface area (Å²) >= 11 is 0. The van der Waals surface area contributed by atoms with Crippen LogP contribution in [-0.2, 0) is 10.2 Å². The molecule has 1 heterocycles. The number of aldehydes is 1. The molecule has 0 spiro atoms. The Labute approximate surface area is 123 Å². The quantitative estimate of drug-likeness (QED) is 0.594. The molecule has 1 aromatic heterocycles. The first-order valence-electron chi connectivity index (χ1n) is 6.40. The average Bonchev–Trinajstić information content (AvgIpc) is 2.92. The summed E-state index contributed by atoms with van der Waals surface area (Å²) in [5.74, 6) is 10.2. The molecule has 0 radical (unpaired) electrons. The second kappa shape index (κ2) is 6.07. The second-order valence-corrected chi connectivity index (χ2v) is 5.38. The van der Waals surface area contributed by atoms with Crippen molar-refractivity contribution < 1.29 is 9.21 Å². The van der Waals surface area contributed by atoms with Crippen LogP contribution in [0, 0.1) is 23.7 Å². The van der Waals surface area contributed by atoms with Crippen molar-refractivity contribution in [1.82, 2.24) is 10.2 Å². The highest BCUT2D eigenvalue weighted by atomic mass is 16.4. The molecule has 0 bridgehead atoms. The van der Waals surface area contributed by atoms with Crippen molar-refractivity contribution in [2.75, 3.05) is 0 Å². The Morgan fingerprint density at radius 3 is 2.43 bits per heavy atom. The van der Waals surface area contributed by atoms with E-state index in [4.69, 9.17) is 4.42 Å². The van der Waals surface area contributed by atoms with Gasteiger partial charge < -0.3 is 4.42 Å². The highest BCUT2D eigenvalue weighted by Crippen LogP contribution is 2.25. The molecule has 1 aromatic carbocycles. The number of hydrogen-bond acceptors (Lipinski definition) is 4. The van der Waals surface area contributed by atoms with E-state index in [-0.39, 0.29) is 11.3 Å². The Hall–Kier alpha value is -2.85. The molecule has 2 rings (SSSR count). The van der Waals surface area contributed by atoms with Crippen molar-refractivity contribution in [2.24, 2.45) is 0 Å². The van der Waals surface area contributed by atoms with Gasteiger partial charge in [-0.15, -0.1) is 5.10 Å². The molecule has 4 heteroatoms. The van der Waals surface area contributed by atoms with Gasteiger partial charge in [-0.25, -0.2) is 0 Å². The first kappa shape index (κ1) is 14.6. The lowest BCUT2D eigenvalue weighted by Gasteiger charge is -2.18. The minimum absolute atomic E-state index is 0.0985. The SMILES string of the molecule is CC(C)(C)c1ccc(-c2nnc(C#CC#CC=O)o2)cc1. The summed E-state index contributed by atoms with van der Waals surface area (Å²) < 4.78 is 5.42. The number of hydrogen-bond donors (Lipinski definition) is 0. The molecule has 0 aliphatic heterocycles. The molecular weight excluding hydrogens is 264 g/mol. The van der Waals surface area contributed by atoms with Crippen molar-refractivity contribution >= 4 is 6.29 Å². The van der Waals surface area contributed by atoms with E-state index in [1.54, 1.807) is 0 Å². The summed E-state index contributed by atoms with van der Waals surface area (Å²) in [5, 5.41) is 7.76. The molecule has 21 heavy (non-hydrogen) atoms. The van der Waals surface area contributed by atoms with Crippen LogP contribution in [0.15, 0.2) is 28.7 Å². The van der Waals surface area contributed by atoms with Gasteiger partial charge in [0.2, 0.25) is 5.89 Å². The van der Waals surface area contributed by atoms with Crippen molar-refractivity contribution in [2.45, 2.75) is 26.2 Å². The Morgan fingerprint density at radius 2 is 1.81 bits per heavy atom. The molecule has 0 fully saturated rings. The van der Waals surface area contributed by atoms with Gasteiger partial charge in [-0.3, -0.25) is 4.79 Å². The van der Waals surface area contributed by atoms with Crippen molar-refractivity contribution in [1.29, 1.82) is 0 Å². The fourth-order valence-corrected chi connectivity index (χ4v) is 1.65. The van der Waals surface area contributed by atoms with Gasteiger partial charge >= 0.3 is 0 Å². The molecule has 0 aliphatic rings. The number of nitrogens with zero attached hydrogens (tertiary/aromatic N) is 2. The normalized spacial score (nSPS) is 10.0. The van der Waals surface area contributed by atoms with Crippen molar-refractivity contribution in [3.8, 4) is 35.1 Å². The summed E-state index contributed by atoms with van der Waals surface area (Å²) in [6, 6.07) is 7.97. The fourth-order valence-electron chi connectivity index (χ4n) is 1.65. The Balaban J connectivity index is 2.21. The Bertz CT molecular complexity index is 757. The number of rotatable bonds is 1. The molecule has 4 nitrogen and oxygen atoms in total. The smallest absolute Gasteiger partial charge is 0.295 e. The maximum Gasteiger partial charge on any atom is 0.295 e. The third kappa shape index (κ3) is 3.81. The van der Waals surface area contributed by atoms with Crippen LogP contribution in [0.1, 0.15) is 32.2 Å². The summed E-state index contributed by atoms with van der Waals surface area (Å²) in [6.07, 6.45) is 0.477. The number of benzene rings is 1. The molecular formula is C17H14N2O2. The van der Waals surface area contributed by atoms with Crippen LogP contribution in [0.25, 0.3) is 11.5 Å². The third-order valence-electron chi connectivity index (χ3n) is 2.79. The first-order chi connectivity index (χ1) is 10.0. The largest absolute Gasteiger partial charge is 0.410 e. The first-order valence-corrected chi connectivity index (χ1v) is 6.40. The van der Waals surface area contributed by atoms with Gasteiger partial charge in [-0.2, -0.15) is 0 Å². The van der Waals surface area contributed by atoms with Crippen LogP contribution in [0.5, 0.6) is 0 Å². The second-order valence-electron chi connectivity index (χ2n) is 5.38. The predicted octanol–water partition coefficient (Wildman–Crippen LogP) is 2.59. The van der Waals surface area contributed by atoms with Gasteiger partial charge in [-0.05, 0) is 40.9 Å². The highest BCUT2D eigenvalue weighted by molar-refractivity contribution is 5.73. The molecule has 0 atom stereocenters. The van der Waals surface area contributed by atoms with Gasteiger partial charge in [0.15, 0.2) is 6.29 Å². The van der Waals surface area contributed by atoms with Crippen LogP contribution in [0.3, 0.4) is 0 Å². The predicted molar refractivity (Wildman–Crippen MR) is 79.2 cm³/mol. The van der Waals surface area contributed by atoms with Crippen LogP contribution in [-0.4, -0.2) is 16.5 Å². The molecule has 0 amide bonds. The van der Waals surface area contributed by atoms with E-state index in [1.165, 1.54) is 5.56 Å². The molecule has 0 saturated heterocycles. The van der Waals surface area contributed by atoms with Crippen molar-refractivity contribution in [3.63, 3.8) is 0 Å². The summed E-state index contributed by atoms with van der Waals surface area (Å²) in [6.45, 7) is 6.47. The van der Waals surface area contributed by atoms with E-state index in [2.05, 4.69) is 54.7 Å². The van der Waals surface area contributed by atoms with Gasteiger partial charge in [0.25, 0.3) is 5.89 Å². The van der Waals surface area contributed by atoms with Gasteiger partial charge in [-0.1, -0.05) is 38.0 Å². The number of carbonyl (C=O) groups is 1. The fraction of sp³-hybridized carbons (Fsp3) is 0.235. The summed E-state index contributed by atoms with van der Waals surface area (Å²) in [5.41, 5.74) is 2.17. The third-order valence-corrected chi connectivity index (χ3v) is 2.79. The zero-order valence-corrected chi connectivity index (χ0v) is 12.1. The van der Waals surface area contributed by atoms with Crippen LogP contribution < -0.4 is 0 Å².